The molecule has 0 fully saturated rings. The van der Waals surface area contributed by atoms with E-state index in [4.69, 9.17) is 21.8 Å². The maximum absolute atomic E-state index is 11.2. The lowest BCUT2D eigenvalue weighted by Gasteiger charge is -2.04. The fraction of sp³-hybridized carbons (Fsp3) is 0.231. The Bertz CT molecular complexity index is 643. The summed E-state index contributed by atoms with van der Waals surface area (Å²) in [6, 6.07) is 5.26. The number of aliphatic hydroxyl groups excluding tert-OH is 1. The van der Waals surface area contributed by atoms with Crippen molar-refractivity contribution < 1.29 is 15.0 Å². The van der Waals surface area contributed by atoms with Crippen LogP contribution in [0.5, 0.6) is 0 Å². The lowest BCUT2D eigenvalue weighted by molar-refractivity contribution is 0.0688. The molecule has 7 heteroatoms. The molecule has 1 aromatic heterocycles. The smallest absolute Gasteiger partial charge is 0.356 e. The highest BCUT2D eigenvalue weighted by Gasteiger charge is 2.17. The molecule has 2 N–H and O–H groups in total. The minimum Gasteiger partial charge on any atom is -0.476 e. The van der Waals surface area contributed by atoms with Gasteiger partial charge < -0.3 is 10.2 Å². The second kappa shape index (κ2) is 6.39. The van der Waals surface area contributed by atoms with Crippen LogP contribution in [0.1, 0.15) is 22.5 Å². The van der Waals surface area contributed by atoms with E-state index in [2.05, 4.69) is 21.0 Å². The van der Waals surface area contributed by atoms with Crippen molar-refractivity contribution in [2.45, 2.75) is 12.8 Å². The van der Waals surface area contributed by atoms with E-state index < -0.39 is 5.97 Å². The largest absolute Gasteiger partial charge is 0.476 e. The highest BCUT2D eigenvalue weighted by Crippen LogP contribution is 2.25. The molecule has 1 aromatic carbocycles. The standard InChI is InChI=1S/C13H12BrClN2O3/c14-9-3-4-10(15)11(6-9)17-7-8(2-1-5-18)12(16-17)13(19)20/h3-4,6-7,18H,1-2,5H2,(H,19,20). The number of carboxylic acid groups (broad SMARTS) is 1. The SMILES string of the molecule is O=C(O)c1nn(-c2cc(Br)ccc2Cl)cc1CCCO. The molecule has 0 spiro atoms. The van der Waals surface area contributed by atoms with Gasteiger partial charge >= 0.3 is 5.97 Å². The summed E-state index contributed by atoms with van der Waals surface area (Å²) < 4.78 is 2.27. The first-order valence-corrected chi connectivity index (χ1v) is 7.08. The van der Waals surface area contributed by atoms with Crippen molar-refractivity contribution in [1.29, 1.82) is 0 Å². The van der Waals surface area contributed by atoms with Gasteiger partial charge in [0.1, 0.15) is 0 Å². The predicted octanol–water partition coefficient (Wildman–Crippen LogP) is 2.91. The third kappa shape index (κ3) is 3.20. The topological polar surface area (TPSA) is 75.3 Å². The van der Waals surface area contributed by atoms with Gasteiger partial charge in [0.15, 0.2) is 5.69 Å². The molecule has 2 rings (SSSR count). The Morgan fingerprint density at radius 1 is 1.45 bits per heavy atom. The number of nitrogens with zero attached hydrogens (tertiary/aromatic N) is 2. The van der Waals surface area contributed by atoms with Crippen LogP contribution in [0.2, 0.25) is 5.02 Å². The monoisotopic (exact) mass is 358 g/mol. The van der Waals surface area contributed by atoms with Crippen LogP contribution in [-0.4, -0.2) is 32.6 Å². The zero-order valence-corrected chi connectivity index (χ0v) is 12.7. The highest BCUT2D eigenvalue weighted by molar-refractivity contribution is 9.10. The number of aromatic nitrogens is 2. The lowest BCUT2D eigenvalue weighted by atomic mass is 10.1. The van der Waals surface area contributed by atoms with Crippen molar-refractivity contribution in [2.75, 3.05) is 6.61 Å². The van der Waals surface area contributed by atoms with Gasteiger partial charge in [-0.15, -0.1) is 0 Å². The number of benzene rings is 1. The summed E-state index contributed by atoms with van der Waals surface area (Å²) in [6.45, 7) is 0.00187. The number of carbonyl (C=O) groups is 1. The Kier molecular flexibility index (Phi) is 4.80. The van der Waals surface area contributed by atoms with Crippen molar-refractivity contribution in [2.24, 2.45) is 0 Å². The second-order valence-electron chi connectivity index (χ2n) is 4.18. The maximum atomic E-state index is 11.2. The molecule has 0 saturated carbocycles. The van der Waals surface area contributed by atoms with Gasteiger partial charge in [-0.3, -0.25) is 0 Å². The third-order valence-corrected chi connectivity index (χ3v) is 3.56. The number of halogens is 2. The van der Waals surface area contributed by atoms with E-state index in [0.29, 0.717) is 29.1 Å². The van der Waals surface area contributed by atoms with Gasteiger partial charge in [-0.2, -0.15) is 5.10 Å². The number of rotatable bonds is 5. The second-order valence-corrected chi connectivity index (χ2v) is 5.50. The fourth-order valence-corrected chi connectivity index (χ4v) is 2.38. The molecule has 0 atom stereocenters. The van der Waals surface area contributed by atoms with E-state index in [-0.39, 0.29) is 12.3 Å². The summed E-state index contributed by atoms with van der Waals surface area (Å²) in [5.41, 5.74) is 1.15. The van der Waals surface area contributed by atoms with E-state index >= 15 is 0 Å². The summed E-state index contributed by atoms with van der Waals surface area (Å²) in [6.07, 6.45) is 2.56. The van der Waals surface area contributed by atoms with Gasteiger partial charge in [-0.05, 0) is 31.0 Å². The van der Waals surface area contributed by atoms with Crippen molar-refractivity contribution >= 4 is 33.5 Å². The van der Waals surface area contributed by atoms with Crippen LogP contribution < -0.4 is 0 Å². The van der Waals surface area contributed by atoms with Crippen LogP contribution in [0.3, 0.4) is 0 Å². The van der Waals surface area contributed by atoms with E-state index in [1.165, 1.54) is 4.68 Å². The Morgan fingerprint density at radius 3 is 2.85 bits per heavy atom. The molecule has 0 bridgehead atoms. The molecule has 0 amide bonds. The van der Waals surface area contributed by atoms with E-state index in [0.717, 1.165) is 4.47 Å². The molecule has 106 valence electrons. The first kappa shape index (κ1) is 15.0. The summed E-state index contributed by atoms with van der Waals surface area (Å²) in [5.74, 6) is -1.09. The van der Waals surface area contributed by atoms with Gasteiger partial charge in [-0.1, -0.05) is 27.5 Å². The van der Waals surface area contributed by atoms with Crippen LogP contribution in [-0.2, 0) is 6.42 Å². The number of aliphatic hydroxyl groups is 1. The van der Waals surface area contributed by atoms with Gasteiger partial charge in [0.2, 0.25) is 0 Å². The molecular formula is C13H12BrClN2O3. The zero-order valence-electron chi connectivity index (χ0n) is 10.4. The first-order valence-electron chi connectivity index (χ1n) is 5.91. The molecule has 2 aromatic rings. The predicted molar refractivity (Wildman–Crippen MR) is 78.6 cm³/mol. The molecule has 0 aliphatic heterocycles. The molecule has 0 saturated heterocycles. The average molecular weight is 360 g/mol. The third-order valence-electron chi connectivity index (χ3n) is 2.75. The van der Waals surface area contributed by atoms with Crippen LogP contribution in [0.4, 0.5) is 0 Å². The van der Waals surface area contributed by atoms with Crippen molar-refractivity contribution in [1.82, 2.24) is 9.78 Å². The van der Waals surface area contributed by atoms with Crippen molar-refractivity contribution in [3.8, 4) is 5.69 Å². The van der Waals surface area contributed by atoms with Gasteiger partial charge in [0.25, 0.3) is 0 Å². The highest BCUT2D eigenvalue weighted by atomic mass is 79.9. The number of aromatic carboxylic acids is 1. The van der Waals surface area contributed by atoms with Crippen molar-refractivity contribution in [3.63, 3.8) is 0 Å². The van der Waals surface area contributed by atoms with Crippen LogP contribution in [0.25, 0.3) is 5.69 Å². The van der Waals surface area contributed by atoms with E-state index in [1.54, 1.807) is 24.4 Å². The van der Waals surface area contributed by atoms with Gasteiger partial charge in [-0.25, -0.2) is 9.48 Å². The summed E-state index contributed by atoms with van der Waals surface area (Å²) in [7, 11) is 0. The summed E-state index contributed by atoms with van der Waals surface area (Å²) >= 11 is 9.45. The minimum atomic E-state index is -1.09. The number of carboxylic acids is 1. The van der Waals surface area contributed by atoms with E-state index in [9.17, 15) is 4.79 Å². The lowest BCUT2D eigenvalue weighted by Crippen LogP contribution is -2.03. The number of aryl methyl sites for hydroxylation is 1. The quantitative estimate of drug-likeness (QED) is 0.861. The fourth-order valence-electron chi connectivity index (χ4n) is 1.83. The van der Waals surface area contributed by atoms with Crippen LogP contribution in [0.15, 0.2) is 28.9 Å². The van der Waals surface area contributed by atoms with Gasteiger partial charge in [0, 0.05) is 22.8 Å². The molecule has 0 unspecified atom stereocenters. The zero-order chi connectivity index (χ0) is 14.7. The van der Waals surface area contributed by atoms with Crippen molar-refractivity contribution in [3.05, 3.63) is 45.1 Å². The molecule has 20 heavy (non-hydrogen) atoms. The molecular weight excluding hydrogens is 348 g/mol. The number of hydrogen-bond acceptors (Lipinski definition) is 3. The average Bonchev–Trinajstić information content (AvgIpc) is 2.83. The first-order chi connectivity index (χ1) is 9.52. The molecule has 5 nitrogen and oxygen atoms in total. The van der Waals surface area contributed by atoms with E-state index in [1.807, 2.05) is 0 Å². The molecule has 0 radical (unpaired) electrons. The summed E-state index contributed by atoms with van der Waals surface area (Å²) in [5, 5.41) is 22.6. The van der Waals surface area contributed by atoms with Crippen LogP contribution >= 0.6 is 27.5 Å². The Morgan fingerprint density at radius 2 is 2.20 bits per heavy atom. The van der Waals surface area contributed by atoms with Crippen LogP contribution in [0, 0.1) is 0 Å². The Hall–Kier alpha value is -1.37. The summed E-state index contributed by atoms with van der Waals surface area (Å²) in [4.78, 5) is 11.2. The molecule has 0 aliphatic carbocycles. The molecule has 0 aliphatic rings. The normalized spacial score (nSPS) is 10.8. The number of hydrogen-bond donors (Lipinski definition) is 2. The minimum absolute atomic E-state index is 0.00187. The Labute approximate surface area is 128 Å². The van der Waals surface area contributed by atoms with Gasteiger partial charge in [0.05, 0.1) is 10.7 Å². The Balaban J connectivity index is 2.47. The maximum Gasteiger partial charge on any atom is 0.356 e. The molecule has 1 heterocycles.